The fourth-order valence-electron chi connectivity index (χ4n) is 1.64. The average Bonchev–Trinajstić information content (AvgIpc) is 2.33. The molecule has 16 heavy (non-hydrogen) atoms. The molecular formula is C13H20N2O. The molecule has 0 atom stereocenters. The number of rotatable bonds is 6. The van der Waals surface area contributed by atoms with Gasteiger partial charge in [-0.3, -0.25) is 4.79 Å². The number of hydrogen-bond acceptors (Lipinski definition) is 2. The molecule has 0 saturated heterocycles. The van der Waals surface area contributed by atoms with Crippen molar-refractivity contribution in [2.75, 3.05) is 19.6 Å². The van der Waals surface area contributed by atoms with E-state index in [0.717, 1.165) is 38.8 Å². The smallest absolute Gasteiger partial charge is 0.220 e. The van der Waals surface area contributed by atoms with Gasteiger partial charge in [0.15, 0.2) is 0 Å². The van der Waals surface area contributed by atoms with Crippen molar-refractivity contribution in [2.45, 2.75) is 32.1 Å². The summed E-state index contributed by atoms with van der Waals surface area (Å²) in [5.74, 6) is 2.71. The molecule has 0 aromatic rings. The zero-order chi connectivity index (χ0) is 11.6. The van der Waals surface area contributed by atoms with Crippen LogP contribution in [0.5, 0.6) is 0 Å². The lowest BCUT2D eigenvalue weighted by atomic mass is 10.1. The Balaban J connectivity index is 2.06. The van der Waals surface area contributed by atoms with Gasteiger partial charge in [-0.05, 0) is 25.8 Å². The molecule has 3 nitrogen and oxygen atoms in total. The first-order chi connectivity index (χ1) is 7.83. The molecule has 88 valence electrons. The summed E-state index contributed by atoms with van der Waals surface area (Å²) in [6.07, 6.45) is 11.5. The fraction of sp³-hybridized carbons (Fsp3) is 0.615. The summed E-state index contributed by atoms with van der Waals surface area (Å²) in [7, 11) is 0. The van der Waals surface area contributed by atoms with Crippen LogP contribution in [0.2, 0.25) is 0 Å². The molecule has 1 heterocycles. The first kappa shape index (κ1) is 12.8. The third kappa shape index (κ3) is 5.57. The highest BCUT2D eigenvalue weighted by Gasteiger charge is 2.05. The van der Waals surface area contributed by atoms with Crippen LogP contribution in [0.3, 0.4) is 0 Å². The third-order valence-corrected chi connectivity index (χ3v) is 2.65. The van der Waals surface area contributed by atoms with E-state index in [1.54, 1.807) is 0 Å². The Hall–Kier alpha value is -1.27. The van der Waals surface area contributed by atoms with Crippen LogP contribution in [-0.2, 0) is 4.79 Å². The van der Waals surface area contributed by atoms with E-state index in [4.69, 9.17) is 6.42 Å². The topological polar surface area (TPSA) is 41.1 Å². The van der Waals surface area contributed by atoms with Crippen LogP contribution in [0.4, 0.5) is 0 Å². The van der Waals surface area contributed by atoms with Gasteiger partial charge in [0, 0.05) is 25.9 Å². The Morgan fingerprint density at radius 2 is 2.44 bits per heavy atom. The van der Waals surface area contributed by atoms with Crippen LogP contribution in [0.1, 0.15) is 32.1 Å². The highest BCUT2D eigenvalue weighted by molar-refractivity contribution is 5.76. The number of terminal acetylenes is 1. The number of amides is 1. The van der Waals surface area contributed by atoms with Gasteiger partial charge in [-0.15, -0.1) is 12.3 Å². The number of unbranched alkanes of at least 4 members (excludes halogenated alkanes) is 2. The van der Waals surface area contributed by atoms with E-state index in [-0.39, 0.29) is 5.91 Å². The molecule has 0 radical (unpaired) electrons. The van der Waals surface area contributed by atoms with Crippen LogP contribution in [0, 0.1) is 12.3 Å². The van der Waals surface area contributed by atoms with Gasteiger partial charge < -0.3 is 10.6 Å². The maximum absolute atomic E-state index is 11.4. The second-order valence-electron chi connectivity index (χ2n) is 4.00. The van der Waals surface area contributed by atoms with Gasteiger partial charge in [0.05, 0.1) is 0 Å². The Morgan fingerprint density at radius 1 is 1.56 bits per heavy atom. The summed E-state index contributed by atoms with van der Waals surface area (Å²) in [4.78, 5) is 11.4. The van der Waals surface area contributed by atoms with Crippen LogP contribution in [0.15, 0.2) is 11.6 Å². The van der Waals surface area contributed by atoms with Crippen molar-refractivity contribution in [2.24, 2.45) is 0 Å². The summed E-state index contributed by atoms with van der Waals surface area (Å²) in [5, 5.41) is 6.19. The maximum Gasteiger partial charge on any atom is 0.220 e. The largest absolute Gasteiger partial charge is 0.352 e. The predicted octanol–water partition coefficient (Wildman–Crippen LogP) is 1.22. The zero-order valence-electron chi connectivity index (χ0n) is 9.72. The highest BCUT2D eigenvalue weighted by atomic mass is 16.1. The Morgan fingerprint density at radius 3 is 3.12 bits per heavy atom. The first-order valence-corrected chi connectivity index (χ1v) is 5.91. The molecule has 0 aromatic carbocycles. The minimum Gasteiger partial charge on any atom is -0.352 e. The van der Waals surface area contributed by atoms with Gasteiger partial charge in [0.1, 0.15) is 0 Å². The van der Waals surface area contributed by atoms with Gasteiger partial charge in [0.2, 0.25) is 5.91 Å². The quantitative estimate of drug-likeness (QED) is 0.401. The molecule has 0 aromatic heterocycles. The molecule has 0 aliphatic carbocycles. The standard InChI is InChI=1S/C13H20N2O/c1-2-3-4-5-6-13(16)15-11-12-7-9-14-10-8-12/h1,7,14H,3-6,8-11H2,(H,15,16). The van der Waals surface area contributed by atoms with Crippen molar-refractivity contribution >= 4 is 5.91 Å². The number of nitrogens with one attached hydrogen (secondary N) is 2. The van der Waals surface area contributed by atoms with E-state index in [2.05, 4.69) is 22.6 Å². The minimum absolute atomic E-state index is 0.136. The summed E-state index contributed by atoms with van der Waals surface area (Å²) < 4.78 is 0. The van der Waals surface area contributed by atoms with Crippen molar-refractivity contribution in [3.05, 3.63) is 11.6 Å². The lowest BCUT2D eigenvalue weighted by molar-refractivity contribution is -0.121. The van der Waals surface area contributed by atoms with Crippen molar-refractivity contribution < 1.29 is 4.79 Å². The van der Waals surface area contributed by atoms with Crippen molar-refractivity contribution in [1.82, 2.24) is 10.6 Å². The third-order valence-electron chi connectivity index (χ3n) is 2.65. The molecule has 0 bridgehead atoms. The molecule has 0 saturated carbocycles. The Bertz CT molecular complexity index is 289. The molecule has 1 aliphatic heterocycles. The first-order valence-electron chi connectivity index (χ1n) is 5.91. The monoisotopic (exact) mass is 220 g/mol. The van der Waals surface area contributed by atoms with E-state index in [1.165, 1.54) is 5.57 Å². The van der Waals surface area contributed by atoms with Crippen LogP contribution in [0.25, 0.3) is 0 Å². The fourth-order valence-corrected chi connectivity index (χ4v) is 1.64. The van der Waals surface area contributed by atoms with Gasteiger partial charge in [0.25, 0.3) is 0 Å². The summed E-state index contributed by atoms with van der Waals surface area (Å²) in [5.41, 5.74) is 1.33. The highest BCUT2D eigenvalue weighted by Crippen LogP contribution is 2.03. The molecule has 1 amide bonds. The van der Waals surface area contributed by atoms with Crippen LogP contribution in [-0.4, -0.2) is 25.5 Å². The average molecular weight is 220 g/mol. The predicted molar refractivity (Wildman–Crippen MR) is 65.9 cm³/mol. The SMILES string of the molecule is C#CCCCCC(=O)NCC1=CCNCC1. The van der Waals surface area contributed by atoms with Crippen molar-refractivity contribution in [3.63, 3.8) is 0 Å². The normalized spacial score (nSPS) is 15.1. The Labute approximate surface area is 97.7 Å². The summed E-state index contributed by atoms with van der Waals surface area (Å²) in [6, 6.07) is 0. The number of carbonyl (C=O) groups is 1. The lowest BCUT2D eigenvalue weighted by Gasteiger charge is -2.14. The molecule has 3 heteroatoms. The summed E-state index contributed by atoms with van der Waals surface area (Å²) >= 11 is 0. The molecule has 0 spiro atoms. The van der Waals surface area contributed by atoms with Gasteiger partial charge in [-0.25, -0.2) is 0 Å². The molecular weight excluding hydrogens is 200 g/mol. The van der Waals surface area contributed by atoms with Crippen LogP contribution >= 0.6 is 0 Å². The van der Waals surface area contributed by atoms with E-state index in [9.17, 15) is 4.79 Å². The molecule has 1 aliphatic rings. The molecule has 2 N–H and O–H groups in total. The van der Waals surface area contributed by atoms with E-state index < -0.39 is 0 Å². The van der Waals surface area contributed by atoms with E-state index in [0.29, 0.717) is 13.0 Å². The van der Waals surface area contributed by atoms with Gasteiger partial charge in [-0.2, -0.15) is 0 Å². The molecule has 1 rings (SSSR count). The second-order valence-corrected chi connectivity index (χ2v) is 4.00. The Kier molecular flexibility index (Phi) is 6.36. The summed E-state index contributed by atoms with van der Waals surface area (Å²) in [6.45, 7) is 2.65. The van der Waals surface area contributed by atoms with E-state index >= 15 is 0 Å². The van der Waals surface area contributed by atoms with Crippen molar-refractivity contribution in [3.8, 4) is 12.3 Å². The maximum atomic E-state index is 11.4. The molecule has 0 unspecified atom stereocenters. The number of hydrogen-bond donors (Lipinski definition) is 2. The minimum atomic E-state index is 0.136. The number of carbonyl (C=O) groups excluding carboxylic acids is 1. The van der Waals surface area contributed by atoms with E-state index in [1.807, 2.05) is 0 Å². The van der Waals surface area contributed by atoms with Crippen LogP contribution < -0.4 is 10.6 Å². The lowest BCUT2D eigenvalue weighted by Crippen LogP contribution is -2.29. The molecule has 0 fully saturated rings. The van der Waals surface area contributed by atoms with Gasteiger partial charge in [-0.1, -0.05) is 11.6 Å². The van der Waals surface area contributed by atoms with Gasteiger partial charge >= 0.3 is 0 Å². The second kappa shape index (κ2) is 7.95. The zero-order valence-corrected chi connectivity index (χ0v) is 9.72. The van der Waals surface area contributed by atoms with Crippen molar-refractivity contribution in [1.29, 1.82) is 0 Å².